The van der Waals surface area contributed by atoms with Crippen LogP contribution in [0.4, 0.5) is 16.2 Å². The normalized spacial score (nSPS) is 17.0. The van der Waals surface area contributed by atoms with E-state index in [1.54, 1.807) is 75.9 Å². The number of likely N-dealkylation sites (tertiary alicyclic amines) is 1. The Morgan fingerprint density at radius 3 is 1.99 bits per heavy atom. The van der Waals surface area contributed by atoms with E-state index in [2.05, 4.69) is 26.3 Å². The van der Waals surface area contributed by atoms with E-state index in [1.807, 2.05) is 71.9 Å². The van der Waals surface area contributed by atoms with Gasteiger partial charge in [0.1, 0.15) is 47.8 Å². The molecule has 5 N–H and O–H groups in total. The van der Waals surface area contributed by atoms with Crippen LogP contribution in [0.15, 0.2) is 78.0 Å². The Morgan fingerprint density at radius 1 is 0.775 bits per heavy atom. The number of aliphatic hydroxyl groups excluding tert-OH is 1. The molecule has 12 atom stereocenters. The van der Waals surface area contributed by atoms with E-state index >= 15 is 0 Å². The van der Waals surface area contributed by atoms with E-state index in [9.17, 15) is 53.6 Å². The number of amides is 7. The van der Waals surface area contributed by atoms with Gasteiger partial charge in [0.15, 0.2) is 0 Å². The van der Waals surface area contributed by atoms with Gasteiger partial charge in [-0.15, -0.1) is 0 Å². The fraction of sp³-hybridized carbons (Fsp3) is 0.609. The molecule has 1 aliphatic heterocycles. The molecule has 23 nitrogen and oxygen atoms in total. The zero-order valence-corrected chi connectivity index (χ0v) is 55.9. The Morgan fingerprint density at radius 2 is 1.43 bits per heavy atom. The number of carbonyl (C=O) groups is 8. The van der Waals surface area contributed by atoms with Gasteiger partial charge in [-0.05, 0) is 89.5 Å². The monoisotopic (exact) mass is 1280 g/mol. The lowest BCUT2D eigenvalue weighted by molar-refractivity contribution is -0.385. The summed E-state index contributed by atoms with van der Waals surface area (Å²) in [4.78, 5) is 129. The lowest BCUT2D eigenvalue weighted by Crippen LogP contribution is -2.60. The Kier molecular flexibility index (Phi) is 30.5. The second-order valence-electron chi connectivity index (χ2n) is 24.1. The largest absolute Gasteiger partial charge is 0.445 e. The average Bonchev–Trinajstić information content (AvgIpc) is 3.09. The fourth-order valence-corrected chi connectivity index (χ4v) is 12.9. The number of ether oxygens (including phenoxy) is 3. The van der Waals surface area contributed by atoms with Crippen molar-refractivity contribution in [3.63, 3.8) is 0 Å². The summed E-state index contributed by atoms with van der Waals surface area (Å²) in [5.41, 5.74) is 1.57. The number of methoxy groups -OCH3 is 2. The molecule has 1 fully saturated rings. The second-order valence-corrected chi connectivity index (χ2v) is 26.6. The predicted molar refractivity (Wildman–Crippen MR) is 343 cm³/mol. The van der Waals surface area contributed by atoms with E-state index in [0.29, 0.717) is 47.8 Å². The highest BCUT2D eigenvalue weighted by Gasteiger charge is 2.44. The Balaban J connectivity index is 1.32. The van der Waals surface area contributed by atoms with Crippen LogP contribution in [0.1, 0.15) is 132 Å². The molecule has 1 aliphatic rings. The number of pyridine rings is 1. The van der Waals surface area contributed by atoms with Crippen LogP contribution >= 0.6 is 21.6 Å². The highest BCUT2D eigenvalue weighted by Crippen LogP contribution is 2.33. The molecule has 3 aromatic rings. The minimum absolute atomic E-state index is 0.0658. The first-order valence-electron chi connectivity index (χ1n) is 30.5. The lowest BCUT2D eigenvalue weighted by atomic mass is 9.85. The van der Waals surface area contributed by atoms with Crippen LogP contribution in [0.3, 0.4) is 0 Å². The Hall–Kier alpha value is -6.67. The summed E-state index contributed by atoms with van der Waals surface area (Å²) < 4.78 is 17.8. The Labute approximate surface area is 532 Å². The molecule has 1 saturated heterocycles. The minimum Gasteiger partial charge on any atom is -0.445 e. The number of hydrogen-bond acceptors (Lipinski definition) is 17. The highest BCUT2D eigenvalue weighted by atomic mass is 33.1. The maximum Gasteiger partial charge on any atom is 0.410 e. The first kappa shape index (κ1) is 74.8. The summed E-state index contributed by atoms with van der Waals surface area (Å²) in [6, 6.07) is 13.6. The molecule has 0 aliphatic carbocycles. The van der Waals surface area contributed by atoms with E-state index in [1.165, 1.54) is 59.7 Å². The molecule has 0 radical (unpaired) electrons. The van der Waals surface area contributed by atoms with Crippen molar-refractivity contribution in [2.45, 2.75) is 181 Å². The van der Waals surface area contributed by atoms with Crippen molar-refractivity contribution >= 4 is 80.3 Å². The first-order valence-corrected chi connectivity index (χ1v) is 32.9. The summed E-state index contributed by atoms with van der Waals surface area (Å²) in [5.74, 6) is -4.51. The van der Waals surface area contributed by atoms with Crippen LogP contribution in [-0.4, -0.2) is 166 Å². The molecule has 4 rings (SSSR count). The van der Waals surface area contributed by atoms with Gasteiger partial charge >= 0.3 is 6.09 Å². The minimum atomic E-state index is -1.06. The number of carbonyl (C=O) groups excluding carboxylic acids is 8. The third-order valence-corrected chi connectivity index (χ3v) is 18.7. The van der Waals surface area contributed by atoms with E-state index < -0.39 is 101 Å². The number of rotatable bonds is 35. The van der Waals surface area contributed by atoms with Gasteiger partial charge in [-0.1, -0.05) is 129 Å². The third-order valence-electron chi connectivity index (χ3n) is 16.5. The number of nitrogens with zero attached hydrogens (tertiary/aromatic N) is 5. The maximum atomic E-state index is 14.8. The predicted octanol–water partition coefficient (Wildman–Crippen LogP) is 8.39. The molecule has 0 spiro atoms. The van der Waals surface area contributed by atoms with Crippen LogP contribution in [0.25, 0.3) is 0 Å². The van der Waals surface area contributed by atoms with Crippen molar-refractivity contribution in [2.24, 2.45) is 35.5 Å². The summed E-state index contributed by atoms with van der Waals surface area (Å²) in [6.45, 7) is 20.1. The SMILES string of the molecule is CC[C@H](C)[C@@H]([C@@H](CC(=O)N1CCC[C@H]1[C@H](OC)[C@@H](C)C(=O)C[C@H](C)[C@@H](O)c1ccccc1)OC)N(C)C(=O)[C@@H](NC(=O)[C@H](C(C)C)N(C)C(=O)OCc1ccc(NC(=O)[C@H](C)NC(=O)[C@@H](NC(=O)CCSSc2ccc([N+](=O)[O-])cn2)C(C)C)cc1)C(C)C. The van der Waals surface area contributed by atoms with Crippen LogP contribution in [0, 0.1) is 45.6 Å². The standard InChI is InChI=1S/C64H95N9O14S2/c1-16-40(8)57(50(85-14)34-53(76)72-31-20-23-48(72)59(86-15)42(10)49(74)33-41(9)58(77)45-21-18-17-19-22-45)70(12)63(81)55(38(4)5)69-62(80)56(39(6)7)71(13)64(82)87-36-44-24-26-46(27-25-44)67-60(78)43(11)66-61(79)54(37(2)3)68-51(75)30-32-88-89-52-29-28-47(35-65-52)73(83)84/h17-19,21-22,24-29,35,37-43,48,50,54-59,77H,16,20,23,30-34,36H2,1-15H3,(H,66,79)(H,67,78)(H,68,75)(H,69,80)/t40-,41-,42-,43-,48-,50+,54-,55-,56-,57-,58+,59+/m0/s1. The molecule has 492 valence electrons. The van der Waals surface area contributed by atoms with Crippen molar-refractivity contribution in [3.8, 4) is 0 Å². The van der Waals surface area contributed by atoms with Crippen LogP contribution in [0.2, 0.25) is 0 Å². The molecule has 0 unspecified atom stereocenters. The quantitative estimate of drug-likeness (QED) is 0.0160. The summed E-state index contributed by atoms with van der Waals surface area (Å²) in [5, 5.41) is 33.5. The molecule has 1 aromatic heterocycles. The number of anilines is 1. The molecular weight excluding hydrogens is 1180 g/mol. The molecule has 7 amide bonds. The fourth-order valence-electron chi connectivity index (χ4n) is 11.0. The number of nitrogens with one attached hydrogen (secondary N) is 4. The van der Waals surface area contributed by atoms with Crippen LogP contribution in [0.5, 0.6) is 0 Å². The number of ketones is 1. The van der Waals surface area contributed by atoms with Gasteiger partial charge in [-0.3, -0.25) is 48.6 Å². The molecule has 89 heavy (non-hydrogen) atoms. The van der Waals surface area contributed by atoms with E-state index in [4.69, 9.17) is 14.2 Å². The number of Topliss-reactive ketones (excluding diaryl/α,β-unsaturated/α-hetero) is 1. The Bertz CT molecular complexity index is 2820. The molecule has 2 aromatic carbocycles. The van der Waals surface area contributed by atoms with Gasteiger partial charge in [-0.25, -0.2) is 9.78 Å². The van der Waals surface area contributed by atoms with Crippen molar-refractivity contribution in [1.29, 1.82) is 0 Å². The number of hydrogen-bond donors (Lipinski definition) is 5. The smallest absolute Gasteiger partial charge is 0.410 e. The van der Waals surface area contributed by atoms with E-state index in [-0.39, 0.29) is 72.9 Å². The van der Waals surface area contributed by atoms with Crippen molar-refractivity contribution in [2.75, 3.05) is 45.9 Å². The summed E-state index contributed by atoms with van der Waals surface area (Å²) in [7, 11) is 8.75. The van der Waals surface area contributed by atoms with Gasteiger partial charge < -0.3 is 50.4 Å². The van der Waals surface area contributed by atoms with Crippen molar-refractivity contribution < 1.29 is 62.6 Å². The zero-order chi connectivity index (χ0) is 66.4. The summed E-state index contributed by atoms with van der Waals surface area (Å²) >= 11 is 0. The molecule has 2 heterocycles. The topological polar surface area (TPSA) is 298 Å². The average molecular weight is 1280 g/mol. The van der Waals surface area contributed by atoms with E-state index in [0.717, 1.165) is 11.8 Å². The molecule has 25 heteroatoms. The number of nitro groups is 1. The van der Waals surface area contributed by atoms with Gasteiger partial charge in [0.05, 0.1) is 41.7 Å². The molecular formula is C64H95N9O14S2. The third kappa shape index (κ3) is 21.8. The van der Waals surface area contributed by atoms with Gasteiger partial charge in [0, 0.05) is 71.1 Å². The molecule has 0 saturated carbocycles. The number of aromatic nitrogens is 1. The summed E-state index contributed by atoms with van der Waals surface area (Å²) in [6.07, 6.45) is 0.309. The zero-order valence-electron chi connectivity index (χ0n) is 54.3. The second kappa shape index (κ2) is 36.2. The highest BCUT2D eigenvalue weighted by molar-refractivity contribution is 8.76. The number of likely N-dealkylation sites (N-methyl/N-ethyl adjacent to an activating group) is 2. The van der Waals surface area contributed by atoms with Crippen LogP contribution in [-0.2, 0) is 54.4 Å². The number of aliphatic hydroxyl groups is 1. The number of benzene rings is 2. The lowest BCUT2D eigenvalue weighted by Gasteiger charge is -2.41. The van der Waals surface area contributed by atoms with Gasteiger partial charge in [0.25, 0.3) is 5.69 Å². The van der Waals surface area contributed by atoms with Crippen LogP contribution < -0.4 is 21.3 Å². The van der Waals surface area contributed by atoms with Gasteiger partial charge in [0.2, 0.25) is 35.4 Å². The van der Waals surface area contributed by atoms with Crippen molar-refractivity contribution in [1.82, 2.24) is 35.6 Å². The first-order chi connectivity index (χ1) is 42.1. The van der Waals surface area contributed by atoms with Crippen molar-refractivity contribution in [3.05, 3.63) is 94.2 Å². The maximum absolute atomic E-state index is 14.8. The molecule has 0 bridgehead atoms. The van der Waals surface area contributed by atoms with Gasteiger partial charge in [-0.2, -0.15) is 0 Å².